The molecule has 4 atom stereocenters. The average molecular weight is 558 g/mol. The standard InChI is InChI=1S/C30H31N5O4S/c1-17(23-12-21(16-40-23)27(31)32)34-29(39)22-13-30(2)14-24(30)35(22)25(36)15-33-28(38)20-10-8-19(9-11-20)26(37)18-6-4-3-5-7-18/h3-12,16-17,22,24H,13-15H2,1-2H3,(H3,31,32)(H,33,38)(H,34,39)/t17-,22?,24+,30-/m1/s1. The number of hydrogen-bond donors (Lipinski definition) is 4. The Hall–Kier alpha value is -4.31. The summed E-state index contributed by atoms with van der Waals surface area (Å²) in [6, 6.07) is 16.0. The van der Waals surface area contributed by atoms with Gasteiger partial charge in [0.2, 0.25) is 11.8 Å². The van der Waals surface area contributed by atoms with Crippen LogP contribution < -0.4 is 16.4 Å². The maximum absolute atomic E-state index is 13.3. The monoisotopic (exact) mass is 557 g/mol. The first-order valence-corrected chi connectivity index (χ1v) is 14.0. The van der Waals surface area contributed by atoms with Gasteiger partial charge in [0.05, 0.1) is 12.6 Å². The van der Waals surface area contributed by atoms with E-state index >= 15 is 0 Å². The number of fused-ring (bicyclic) bond motifs is 1. The molecule has 1 aliphatic carbocycles. The molecule has 0 bridgehead atoms. The molecule has 1 aromatic heterocycles. The lowest BCUT2D eigenvalue weighted by Crippen LogP contribution is -2.51. The molecular weight excluding hydrogens is 526 g/mol. The molecule has 0 spiro atoms. The molecule has 2 fully saturated rings. The number of nitrogens with zero attached hydrogens (tertiary/aromatic N) is 1. The maximum atomic E-state index is 13.3. The third-order valence-electron chi connectivity index (χ3n) is 7.79. The fourth-order valence-electron chi connectivity index (χ4n) is 5.34. The van der Waals surface area contributed by atoms with E-state index < -0.39 is 11.9 Å². The number of amides is 3. The lowest BCUT2D eigenvalue weighted by Gasteiger charge is -2.28. The van der Waals surface area contributed by atoms with Gasteiger partial charge in [-0.3, -0.25) is 24.6 Å². The Balaban J connectivity index is 1.19. The lowest BCUT2D eigenvalue weighted by molar-refractivity contribution is -0.139. The predicted molar refractivity (Wildman–Crippen MR) is 152 cm³/mol. The summed E-state index contributed by atoms with van der Waals surface area (Å²) >= 11 is 1.41. The van der Waals surface area contributed by atoms with Crippen molar-refractivity contribution in [1.29, 1.82) is 5.41 Å². The maximum Gasteiger partial charge on any atom is 0.251 e. The van der Waals surface area contributed by atoms with Crippen LogP contribution in [-0.2, 0) is 9.59 Å². The Labute approximate surface area is 236 Å². The van der Waals surface area contributed by atoms with Crippen LogP contribution in [0, 0.1) is 10.8 Å². The molecule has 1 saturated heterocycles. The van der Waals surface area contributed by atoms with E-state index in [4.69, 9.17) is 11.1 Å². The average Bonchev–Trinajstić information content (AvgIpc) is 3.28. The summed E-state index contributed by atoms with van der Waals surface area (Å²) < 4.78 is 0. The number of amidine groups is 1. The first kappa shape index (κ1) is 27.3. The molecule has 9 nitrogen and oxygen atoms in total. The highest BCUT2D eigenvalue weighted by atomic mass is 32.1. The van der Waals surface area contributed by atoms with Crippen molar-refractivity contribution in [2.24, 2.45) is 11.1 Å². The number of carbonyl (C=O) groups excluding carboxylic acids is 4. The number of rotatable bonds is 9. The van der Waals surface area contributed by atoms with Crippen LogP contribution in [-0.4, -0.2) is 52.9 Å². The fourth-order valence-corrected chi connectivity index (χ4v) is 6.26. The molecule has 3 aromatic rings. The summed E-state index contributed by atoms with van der Waals surface area (Å²) in [7, 11) is 0. The third kappa shape index (κ3) is 5.40. The summed E-state index contributed by atoms with van der Waals surface area (Å²) in [4.78, 5) is 54.4. The van der Waals surface area contributed by atoms with E-state index in [1.165, 1.54) is 11.3 Å². The van der Waals surface area contributed by atoms with Crippen LogP contribution in [0.25, 0.3) is 0 Å². The predicted octanol–water partition coefficient (Wildman–Crippen LogP) is 3.25. The van der Waals surface area contributed by atoms with Gasteiger partial charge < -0.3 is 21.3 Å². The Morgan fingerprint density at radius 3 is 2.33 bits per heavy atom. The molecule has 10 heteroatoms. The van der Waals surface area contributed by atoms with Crippen LogP contribution in [0.1, 0.15) is 69.5 Å². The second-order valence-corrected chi connectivity index (χ2v) is 11.7. The topological polar surface area (TPSA) is 145 Å². The van der Waals surface area contributed by atoms with Crippen molar-refractivity contribution in [2.75, 3.05) is 6.54 Å². The van der Waals surface area contributed by atoms with Crippen molar-refractivity contribution in [3.63, 3.8) is 0 Å². The zero-order valence-corrected chi connectivity index (χ0v) is 23.1. The van der Waals surface area contributed by atoms with Gasteiger partial charge in [-0.15, -0.1) is 11.3 Å². The van der Waals surface area contributed by atoms with Gasteiger partial charge >= 0.3 is 0 Å². The van der Waals surface area contributed by atoms with Crippen LogP contribution >= 0.6 is 11.3 Å². The Kier molecular flexibility index (Phi) is 7.29. The minimum absolute atomic E-state index is 0.0275. The number of hydrogen-bond acceptors (Lipinski definition) is 6. The van der Waals surface area contributed by atoms with Crippen LogP contribution in [0.4, 0.5) is 0 Å². The molecule has 40 heavy (non-hydrogen) atoms. The van der Waals surface area contributed by atoms with Crippen molar-refractivity contribution < 1.29 is 19.2 Å². The van der Waals surface area contributed by atoms with E-state index in [0.717, 1.165) is 11.3 Å². The Bertz CT molecular complexity index is 1490. The summed E-state index contributed by atoms with van der Waals surface area (Å²) in [5.41, 5.74) is 7.43. The smallest absolute Gasteiger partial charge is 0.251 e. The second kappa shape index (κ2) is 10.7. The molecule has 206 valence electrons. The molecule has 5 rings (SSSR count). The van der Waals surface area contributed by atoms with E-state index in [1.807, 2.05) is 13.0 Å². The Morgan fingerprint density at radius 2 is 1.68 bits per heavy atom. The van der Waals surface area contributed by atoms with Crippen LogP contribution in [0.15, 0.2) is 66.0 Å². The lowest BCUT2D eigenvalue weighted by atomic mass is 10.0. The first-order valence-electron chi connectivity index (χ1n) is 13.1. The highest BCUT2D eigenvalue weighted by Gasteiger charge is 2.64. The number of thiophene rings is 1. The molecular formula is C30H31N5O4S. The van der Waals surface area contributed by atoms with Crippen molar-refractivity contribution in [3.8, 4) is 0 Å². The van der Waals surface area contributed by atoms with E-state index in [2.05, 4.69) is 17.6 Å². The van der Waals surface area contributed by atoms with Crippen LogP contribution in [0.5, 0.6) is 0 Å². The molecule has 2 aromatic carbocycles. The SMILES string of the molecule is C[C@@H](NC(=O)C1C[C@]2(C)C[C@@H]2N1C(=O)CNC(=O)c1ccc(C(=O)c2ccccc2)cc1)c1cc(C(=N)N)cs1. The number of nitrogens with two attached hydrogens (primary N) is 1. The molecule has 2 aliphatic rings. The van der Waals surface area contributed by atoms with Crippen molar-refractivity contribution in [2.45, 2.75) is 44.8 Å². The van der Waals surface area contributed by atoms with Gasteiger partial charge in [0.1, 0.15) is 11.9 Å². The summed E-state index contributed by atoms with van der Waals surface area (Å²) in [6.45, 7) is 3.70. The first-order chi connectivity index (χ1) is 19.1. The summed E-state index contributed by atoms with van der Waals surface area (Å²) in [5.74, 6) is -1.14. The highest BCUT2D eigenvalue weighted by Crippen LogP contribution is 2.59. The molecule has 3 amide bonds. The molecule has 2 heterocycles. The van der Waals surface area contributed by atoms with Crippen molar-refractivity contribution in [1.82, 2.24) is 15.5 Å². The number of nitrogens with one attached hydrogen (secondary N) is 3. The Morgan fingerprint density at radius 1 is 1.02 bits per heavy atom. The van der Waals surface area contributed by atoms with E-state index in [1.54, 1.807) is 64.9 Å². The van der Waals surface area contributed by atoms with E-state index in [9.17, 15) is 19.2 Å². The summed E-state index contributed by atoms with van der Waals surface area (Å²) in [5, 5.41) is 15.0. The summed E-state index contributed by atoms with van der Waals surface area (Å²) in [6.07, 6.45) is 1.39. The molecule has 1 saturated carbocycles. The number of benzene rings is 2. The molecule has 1 unspecified atom stereocenters. The largest absolute Gasteiger partial charge is 0.384 e. The number of carbonyl (C=O) groups is 4. The normalized spacial score (nSPS) is 21.7. The number of likely N-dealkylation sites (tertiary alicyclic amines) is 1. The number of ketones is 1. The zero-order chi connectivity index (χ0) is 28.6. The fraction of sp³-hybridized carbons (Fsp3) is 0.300. The van der Waals surface area contributed by atoms with Crippen LogP contribution in [0.2, 0.25) is 0 Å². The minimum Gasteiger partial charge on any atom is -0.384 e. The van der Waals surface area contributed by atoms with E-state index in [-0.39, 0.29) is 47.5 Å². The minimum atomic E-state index is -0.619. The number of piperidine rings is 1. The van der Waals surface area contributed by atoms with Gasteiger partial charge in [-0.2, -0.15) is 0 Å². The molecule has 5 N–H and O–H groups in total. The second-order valence-electron chi connectivity index (χ2n) is 10.7. The molecule has 0 radical (unpaired) electrons. The van der Waals surface area contributed by atoms with Gasteiger partial charge in [0, 0.05) is 38.6 Å². The highest BCUT2D eigenvalue weighted by molar-refractivity contribution is 7.10. The van der Waals surface area contributed by atoms with Gasteiger partial charge in [-0.1, -0.05) is 49.4 Å². The van der Waals surface area contributed by atoms with Crippen molar-refractivity contribution >= 4 is 40.7 Å². The molecule has 1 aliphatic heterocycles. The quantitative estimate of drug-likeness (QED) is 0.181. The van der Waals surface area contributed by atoms with Gasteiger partial charge in [0.25, 0.3) is 5.91 Å². The van der Waals surface area contributed by atoms with Gasteiger partial charge in [-0.25, -0.2) is 0 Å². The van der Waals surface area contributed by atoms with Crippen LogP contribution in [0.3, 0.4) is 0 Å². The van der Waals surface area contributed by atoms with Gasteiger partial charge in [0.15, 0.2) is 5.78 Å². The number of nitrogen functional groups attached to an aromatic ring is 1. The third-order valence-corrected chi connectivity index (χ3v) is 8.90. The zero-order valence-electron chi connectivity index (χ0n) is 22.3. The van der Waals surface area contributed by atoms with Gasteiger partial charge in [-0.05, 0) is 43.4 Å². The van der Waals surface area contributed by atoms with E-state index in [0.29, 0.717) is 28.7 Å². The van der Waals surface area contributed by atoms with Crippen molar-refractivity contribution in [3.05, 3.63) is 93.2 Å².